The second-order valence-electron chi connectivity index (χ2n) is 2.24. The first-order chi connectivity index (χ1) is 4.74. The first kappa shape index (κ1) is 7.64. The quantitative estimate of drug-likeness (QED) is 0.588. The molecule has 1 nitrogen and oxygen atoms in total. The van der Waals surface area contributed by atoms with Crippen molar-refractivity contribution in [3.05, 3.63) is 28.8 Å². The molecule has 0 bridgehead atoms. The minimum atomic E-state index is 0.0556. The van der Waals surface area contributed by atoms with Gasteiger partial charge in [0.15, 0.2) is 0 Å². The molecule has 0 aliphatic rings. The number of hydrogen-bond acceptors (Lipinski definition) is 1. The van der Waals surface area contributed by atoms with Crippen LogP contribution in [-0.4, -0.2) is 12.5 Å². The van der Waals surface area contributed by atoms with Crippen LogP contribution in [-0.2, 0) is 0 Å². The van der Waals surface area contributed by atoms with Gasteiger partial charge in [0.05, 0.1) is 0 Å². The molecule has 3 heteroatoms. The summed E-state index contributed by atoms with van der Waals surface area (Å²) in [4.78, 5) is 0. The summed E-state index contributed by atoms with van der Waals surface area (Å²) in [6.07, 6.45) is 0. The van der Waals surface area contributed by atoms with E-state index in [-0.39, 0.29) is 7.48 Å². The molecule has 0 aromatic heterocycles. The van der Waals surface area contributed by atoms with Crippen molar-refractivity contribution in [2.75, 3.05) is 0 Å². The highest BCUT2D eigenvalue weighted by molar-refractivity contribution is 6.46. The van der Waals surface area contributed by atoms with Crippen LogP contribution in [0, 0.1) is 6.92 Å². The van der Waals surface area contributed by atoms with E-state index in [1.54, 1.807) is 6.07 Å². The number of halogens is 1. The standard InChI is InChI=1S/C7H8BClO/c1-5-2-3-6(8-10)4-7(5)9/h2-4,8,10H,1H3. The Labute approximate surface area is 65.9 Å². The van der Waals surface area contributed by atoms with Gasteiger partial charge in [0, 0.05) is 5.02 Å². The second-order valence-corrected chi connectivity index (χ2v) is 2.65. The largest absolute Gasteiger partial charge is 0.449 e. The molecule has 0 radical (unpaired) electrons. The zero-order valence-corrected chi connectivity index (χ0v) is 6.52. The molecule has 0 heterocycles. The van der Waals surface area contributed by atoms with E-state index in [4.69, 9.17) is 16.6 Å². The Kier molecular flexibility index (Phi) is 2.36. The number of aryl methyl sites for hydroxylation is 1. The first-order valence-electron chi connectivity index (χ1n) is 3.10. The van der Waals surface area contributed by atoms with Gasteiger partial charge in [-0.1, -0.05) is 29.2 Å². The first-order valence-corrected chi connectivity index (χ1v) is 3.47. The van der Waals surface area contributed by atoms with E-state index >= 15 is 0 Å². The third-order valence-electron chi connectivity index (χ3n) is 1.42. The minimum absolute atomic E-state index is 0.0556. The van der Waals surface area contributed by atoms with Crippen LogP contribution < -0.4 is 5.46 Å². The fourth-order valence-electron chi connectivity index (χ4n) is 0.735. The van der Waals surface area contributed by atoms with Crippen molar-refractivity contribution >= 4 is 24.5 Å². The van der Waals surface area contributed by atoms with E-state index in [1.807, 2.05) is 19.1 Å². The smallest absolute Gasteiger partial charge is 0.304 e. The van der Waals surface area contributed by atoms with Gasteiger partial charge in [-0.15, -0.1) is 0 Å². The predicted molar refractivity (Wildman–Crippen MR) is 45.2 cm³/mol. The maximum atomic E-state index is 8.69. The predicted octanol–water partition coefficient (Wildman–Crippen LogP) is 0.618. The third kappa shape index (κ3) is 1.52. The summed E-state index contributed by atoms with van der Waals surface area (Å²) in [5.41, 5.74) is 1.90. The molecule has 0 aliphatic carbocycles. The van der Waals surface area contributed by atoms with Gasteiger partial charge in [-0.3, -0.25) is 0 Å². The van der Waals surface area contributed by atoms with E-state index in [0.29, 0.717) is 5.02 Å². The summed E-state index contributed by atoms with van der Waals surface area (Å²) < 4.78 is 0. The Morgan fingerprint density at radius 2 is 2.20 bits per heavy atom. The van der Waals surface area contributed by atoms with Gasteiger partial charge in [-0.05, 0) is 18.6 Å². The highest BCUT2D eigenvalue weighted by Gasteiger charge is 1.96. The highest BCUT2D eigenvalue weighted by atomic mass is 35.5. The fraction of sp³-hybridized carbons (Fsp3) is 0.143. The monoisotopic (exact) mass is 154 g/mol. The lowest BCUT2D eigenvalue weighted by molar-refractivity contribution is 0.615. The Balaban J connectivity index is 3.04. The Morgan fingerprint density at radius 3 is 2.70 bits per heavy atom. The molecular weight excluding hydrogens is 146 g/mol. The van der Waals surface area contributed by atoms with Crippen LogP contribution >= 0.6 is 11.6 Å². The summed E-state index contributed by atoms with van der Waals surface area (Å²) >= 11 is 5.78. The molecule has 52 valence electrons. The van der Waals surface area contributed by atoms with Gasteiger partial charge >= 0.3 is 7.48 Å². The van der Waals surface area contributed by atoms with Gasteiger partial charge in [0.2, 0.25) is 0 Å². The molecule has 1 aromatic rings. The summed E-state index contributed by atoms with van der Waals surface area (Å²) in [6, 6.07) is 5.53. The second kappa shape index (κ2) is 3.08. The Bertz CT molecular complexity index is 237. The normalized spacial score (nSPS) is 9.50. The fourth-order valence-corrected chi connectivity index (χ4v) is 0.938. The van der Waals surface area contributed by atoms with Crippen LogP contribution in [0.3, 0.4) is 0 Å². The molecule has 0 fully saturated rings. The molecule has 1 rings (SSSR count). The summed E-state index contributed by atoms with van der Waals surface area (Å²) in [5, 5.41) is 9.41. The SMILES string of the molecule is Cc1ccc(BO)cc1Cl. The maximum absolute atomic E-state index is 8.69. The molecule has 0 amide bonds. The lowest BCUT2D eigenvalue weighted by atomic mass is 9.88. The van der Waals surface area contributed by atoms with Crippen molar-refractivity contribution in [1.29, 1.82) is 0 Å². The van der Waals surface area contributed by atoms with Crippen molar-refractivity contribution < 1.29 is 5.02 Å². The van der Waals surface area contributed by atoms with E-state index in [1.165, 1.54) is 0 Å². The lowest BCUT2D eigenvalue weighted by Crippen LogP contribution is -2.12. The zero-order valence-electron chi connectivity index (χ0n) is 5.76. The molecule has 0 saturated heterocycles. The van der Waals surface area contributed by atoms with Gasteiger partial charge in [-0.2, -0.15) is 0 Å². The van der Waals surface area contributed by atoms with E-state index in [0.717, 1.165) is 11.0 Å². The summed E-state index contributed by atoms with van der Waals surface area (Å²) in [5.74, 6) is 0. The zero-order chi connectivity index (χ0) is 7.56. The van der Waals surface area contributed by atoms with Crippen LogP contribution in [0.2, 0.25) is 5.02 Å². The molecule has 10 heavy (non-hydrogen) atoms. The van der Waals surface area contributed by atoms with E-state index in [9.17, 15) is 0 Å². The van der Waals surface area contributed by atoms with Crippen LogP contribution in [0.4, 0.5) is 0 Å². The molecule has 0 atom stereocenters. The van der Waals surface area contributed by atoms with Crippen molar-refractivity contribution in [2.24, 2.45) is 0 Å². The van der Waals surface area contributed by atoms with Crippen LogP contribution in [0.25, 0.3) is 0 Å². The molecule has 0 saturated carbocycles. The lowest BCUT2D eigenvalue weighted by Gasteiger charge is -1.98. The Morgan fingerprint density at radius 1 is 1.50 bits per heavy atom. The minimum Gasteiger partial charge on any atom is -0.449 e. The van der Waals surface area contributed by atoms with Gasteiger partial charge in [0.25, 0.3) is 0 Å². The number of benzene rings is 1. The van der Waals surface area contributed by atoms with Crippen LogP contribution in [0.1, 0.15) is 5.56 Å². The van der Waals surface area contributed by atoms with Gasteiger partial charge < -0.3 is 5.02 Å². The molecule has 1 aromatic carbocycles. The average Bonchev–Trinajstić information content (AvgIpc) is 1.95. The molecule has 0 spiro atoms. The van der Waals surface area contributed by atoms with Gasteiger partial charge in [-0.25, -0.2) is 0 Å². The van der Waals surface area contributed by atoms with Crippen molar-refractivity contribution in [2.45, 2.75) is 6.92 Å². The molecule has 0 unspecified atom stereocenters. The third-order valence-corrected chi connectivity index (χ3v) is 1.83. The van der Waals surface area contributed by atoms with Crippen molar-refractivity contribution in [3.63, 3.8) is 0 Å². The van der Waals surface area contributed by atoms with Crippen LogP contribution in [0.5, 0.6) is 0 Å². The maximum Gasteiger partial charge on any atom is 0.304 e. The highest BCUT2D eigenvalue weighted by Crippen LogP contribution is 2.10. The number of hydrogen-bond donors (Lipinski definition) is 1. The average molecular weight is 154 g/mol. The molecular formula is C7H8BClO. The number of rotatable bonds is 1. The van der Waals surface area contributed by atoms with Crippen molar-refractivity contribution in [1.82, 2.24) is 0 Å². The van der Waals surface area contributed by atoms with Gasteiger partial charge in [0.1, 0.15) is 0 Å². The molecule has 1 N–H and O–H groups in total. The summed E-state index contributed by atoms with van der Waals surface area (Å²) in [7, 11) is 0.0556. The topological polar surface area (TPSA) is 20.2 Å². The molecule has 0 aliphatic heterocycles. The van der Waals surface area contributed by atoms with Crippen LogP contribution in [0.15, 0.2) is 18.2 Å². The summed E-state index contributed by atoms with van der Waals surface area (Å²) in [6.45, 7) is 1.93. The van der Waals surface area contributed by atoms with E-state index < -0.39 is 0 Å². The van der Waals surface area contributed by atoms with Crippen molar-refractivity contribution in [3.8, 4) is 0 Å². The Hall–Kier alpha value is -0.465. The van der Waals surface area contributed by atoms with E-state index in [2.05, 4.69) is 0 Å².